The molecule has 0 atom stereocenters. The minimum absolute atomic E-state index is 0.424. The third kappa shape index (κ3) is 5.78. The molecule has 6 heteroatoms. The van der Waals surface area contributed by atoms with E-state index in [1.807, 2.05) is 61.5 Å². The van der Waals surface area contributed by atoms with E-state index in [1.165, 1.54) is 3.57 Å². The topological polar surface area (TPSA) is 42.2 Å². The summed E-state index contributed by atoms with van der Waals surface area (Å²) in [6, 6.07) is 21.5. The summed E-state index contributed by atoms with van der Waals surface area (Å²) in [5, 5.41) is 10.2. The van der Waals surface area contributed by atoms with Gasteiger partial charge in [-0.2, -0.15) is 5.26 Å². The van der Waals surface area contributed by atoms with Gasteiger partial charge in [0.2, 0.25) is 0 Å². The predicted octanol–water partition coefficient (Wildman–Crippen LogP) is 7.75. The van der Waals surface area contributed by atoms with Crippen LogP contribution in [0, 0.1) is 14.9 Å². The largest absolute Gasteiger partial charge is 0.490 e. The maximum absolute atomic E-state index is 9.65. The summed E-state index contributed by atoms with van der Waals surface area (Å²) in [5.41, 5.74) is 3.04. The Hall–Kier alpha value is -2.01. The third-order valence-electron chi connectivity index (χ3n) is 4.22. The summed E-state index contributed by atoms with van der Waals surface area (Å²) in [5.74, 6) is 1.24. The molecular formula is C24H18BrClINO2. The van der Waals surface area contributed by atoms with Crippen molar-refractivity contribution in [2.75, 3.05) is 6.61 Å². The summed E-state index contributed by atoms with van der Waals surface area (Å²) in [7, 11) is 0. The number of hydrogen-bond donors (Lipinski definition) is 0. The summed E-state index contributed by atoms with van der Waals surface area (Å²) >= 11 is 12.1. The van der Waals surface area contributed by atoms with Crippen LogP contribution in [0.5, 0.6) is 11.5 Å². The molecule has 0 aliphatic carbocycles. The van der Waals surface area contributed by atoms with Crippen molar-refractivity contribution in [3.05, 3.63) is 90.4 Å². The maximum atomic E-state index is 9.65. The molecule has 0 aromatic heterocycles. The SMILES string of the molecule is CCOc1cc(C=C(C#N)c2ccccc2Cl)cc(Br)c1OCc1ccc(I)cc1. The average molecular weight is 595 g/mol. The van der Waals surface area contributed by atoms with E-state index in [9.17, 15) is 5.26 Å². The number of hydrogen-bond acceptors (Lipinski definition) is 3. The average Bonchev–Trinajstić information content (AvgIpc) is 2.73. The first-order chi connectivity index (χ1) is 14.5. The Labute approximate surface area is 203 Å². The molecule has 3 aromatic carbocycles. The van der Waals surface area contributed by atoms with Crippen LogP contribution in [0.3, 0.4) is 0 Å². The fourth-order valence-corrected chi connectivity index (χ4v) is 4.00. The highest BCUT2D eigenvalue weighted by Crippen LogP contribution is 2.38. The second-order valence-corrected chi connectivity index (χ2v) is 8.83. The van der Waals surface area contributed by atoms with Crippen molar-refractivity contribution in [1.82, 2.24) is 0 Å². The van der Waals surface area contributed by atoms with Crippen LogP contribution < -0.4 is 9.47 Å². The van der Waals surface area contributed by atoms with E-state index in [0.29, 0.717) is 40.9 Å². The van der Waals surface area contributed by atoms with Gasteiger partial charge in [-0.3, -0.25) is 0 Å². The van der Waals surface area contributed by atoms with Crippen molar-refractivity contribution in [2.24, 2.45) is 0 Å². The summed E-state index contributed by atoms with van der Waals surface area (Å²) in [6.07, 6.45) is 1.79. The molecule has 152 valence electrons. The minimum atomic E-state index is 0.424. The van der Waals surface area contributed by atoms with Gasteiger partial charge in [-0.05, 0) is 93.0 Å². The third-order valence-corrected chi connectivity index (χ3v) is 5.86. The number of rotatable bonds is 7. The van der Waals surface area contributed by atoms with Gasteiger partial charge in [-0.15, -0.1) is 0 Å². The van der Waals surface area contributed by atoms with Gasteiger partial charge in [0.15, 0.2) is 11.5 Å². The fourth-order valence-electron chi connectivity index (χ4n) is 2.83. The van der Waals surface area contributed by atoms with Crippen LogP contribution in [0.1, 0.15) is 23.6 Å². The molecule has 0 spiro atoms. The lowest BCUT2D eigenvalue weighted by Gasteiger charge is -2.15. The van der Waals surface area contributed by atoms with E-state index in [4.69, 9.17) is 21.1 Å². The Balaban J connectivity index is 1.93. The highest BCUT2D eigenvalue weighted by atomic mass is 127. The molecule has 0 amide bonds. The molecule has 0 fully saturated rings. The maximum Gasteiger partial charge on any atom is 0.175 e. The molecule has 0 bridgehead atoms. The zero-order valence-electron chi connectivity index (χ0n) is 16.2. The van der Waals surface area contributed by atoms with Crippen LogP contribution in [0.4, 0.5) is 0 Å². The van der Waals surface area contributed by atoms with Crippen molar-refractivity contribution < 1.29 is 9.47 Å². The number of nitriles is 1. The minimum Gasteiger partial charge on any atom is -0.490 e. The van der Waals surface area contributed by atoms with Crippen molar-refractivity contribution in [1.29, 1.82) is 5.26 Å². The molecule has 3 nitrogen and oxygen atoms in total. The smallest absolute Gasteiger partial charge is 0.175 e. The highest BCUT2D eigenvalue weighted by molar-refractivity contribution is 14.1. The second kappa shape index (κ2) is 10.9. The Kier molecular flexibility index (Phi) is 8.20. The van der Waals surface area contributed by atoms with E-state index in [-0.39, 0.29) is 0 Å². The number of halogens is 3. The quantitative estimate of drug-likeness (QED) is 0.160. The van der Waals surface area contributed by atoms with Crippen molar-refractivity contribution >= 4 is 61.8 Å². The van der Waals surface area contributed by atoms with Gasteiger partial charge in [0, 0.05) is 14.2 Å². The Morgan fingerprint density at radius 2 is 1.87 bits per heavy atom. The molecule has 0 N–H and O–H groups in total. The number of allylic oxidation sites excluding steroid dienone is 1. The van der Waals surface area contributed by atoms with Crippen molar-refractivity contribution in [3.8, 4) is 17.6 Å². The van der Waals surface area contributed by atoms with E-state index in [1.54, 1.807) is 12.1 Å². The first-order valence-corrected chi connectivity index (χ1v) is 11.5. The second-order valence-electron chi connectivity index (χ2n) is 6.33. The highest BCUT2D eigenvalue weighted by Gasteiger charge is 2.13. The van der Waals surface area contributed by atoms with Gasteiger partial charge >= 0.3 is 0 Å². The fraction of sp³-hybridized carbons (Fsp3) is 0.125. The van der Waals surface area contributed by atoms with Crippen LogP contribution in [-0.2, 0) is 6.61 Å². The Morgan fingerprint density at radius 3 is 2.53 bits per heavy atom. The lowest BCUT2D eigenvalue weighted by molar-refractivity contribution is 0.267. The number of nitrogens with zero attached hydrogens (tertiary/aromatic N) is 1. The normalized spacial score (nSPS) is 11.1. The van der Waals surface area contributed by atoms with Crippen LogP contribution in [0.25, 0.3) is 11.6 Å². The molecule has 3 aromatic rings. The van der Waals surface area contributed by atoms with E-state index in [0.717, 1.165) is 15.6 Å². The first-order valence-electron chi connectivity index (χ1n) is 9.22. The molecule has 0 aliphatic rings. The van der Waals surface area contributed by atoms with Gasteiger partial charge < -0.3 is 9.47 Å². The molecule has 0 aliphatic heterocycles. The van der Waals surface area contributed by atoms with Gasteiger partial charge in [0.05, 0.1) is 22.7 Å². The zero-order chi connectivity index (χ0) is 21.5. The molecule has 0 heterocycles. The lowest BCUT2D eigenvalue weighted by atomic mass is 10.0. The van der Waals surface area contributed by atoms with E-state index >= 15 is 0 Å². The molecule has 0 unspecified atom stereocenters. The van der Waals surface area contributed by atoms with Crippen LogP contribution in [0.2, 0.25) is 5.02 Å². The monoisotopic (exact) mass is 593 g/mol. The van der Waals surface area contributed by atoms with Crippen LogP contribution in [0.15, 0.2) is 65.1 Å². The van der Waals surface area contributed by atoms with Crippen molar-refractivity contribution in [2.45, 2.75) is 13.5 Å². The molecule has 0 saturated carbocycles. The molecule has 3 rings (SSSR count). The molecule has 0 saturated heterocycles. The lowest BCUT2D eigenvalue weighted by Crippen LogP contribution is -2.01. The summed E-state index contributed by atoms with van der Waals surface area (Å²) in [6.45, 7) is 2.84. The van der Waals surface area contributed by atoms with E-state index in [2.05, 4.69) is 44.6 Å². The summed E-state index contributed by atoms with van der Waals surface area (Å²) < 4.78 is 13.8. The van der Waals surface area contributed by atoms with Gasteiger partial charge in [0.1, 0.15) is 6.61 Å². The predicted molar refractivity (Wildman–Crippen MR) is 134 cm³/mol. The van der Waals surface area contributed by atoms with Crippen LogP contribution >= 0.6 is 50.1 Å². The van der Waals surface area contributed by atoms with Crippen LogP contribution in [-0.4, -0.2) is 6.61 Å². The first kappa shape index (κ1) is 22.7. The zero-order valence-corrected chi connectivity index (χ0v) is 20.7. The molecular weight excluding hydrogens is 577 g/mol. The van der Waals surface area contributed by atoms with Gasteiger partial charge in [-0.25, -0.2) is 0 Å². The van der Waals surface area contributed by atoms with Gasteiger partial charge in [-0.1, -0.05) is 41.9 Å². The number of ether oxygens (including phenoxy) is 2. The van der Waals surface area contributed by atoms with Crippen molar-refractivity contribution in [3.63, 3.8) is 0 Å². The van der Waals surface area contributed by atoms with Gasteiger partial charge in [0.25, 0.3) is 0 Å². The molecule has 30 heavy (non-hydrogen) atoms. The Morgan fingerprint density at radius 1 is 1.13 bits per heavy atom. The standard InChI is InChI=1S/C24H18BrClINO2/c1-2-29-23-13-17(11-18(14-28)20-5-3-4-6-22(20)26)12-21(25)24(23)30-15-16-7-9-19(27)10-8-16/h3-13H,2,15H2,1H3. The molecule has 0 radical (unpaired) electrons. The Bertz CT molecular complexity index is 1110. The number of benzene rings is 3. The van der Waals surface area contributed by atoms with E-state index < -0.39 is 0 Å². The summed E-state index contributed by atoms with van der Waals surface area (Å²) in [4.78, 5) is 0.